The van der Waals surface area contributed by atoms with Crippen molar-refractivity contribution in [3.8, 4) is 0 Å². The Bertz CT molecular complexity index is 1480. The maximum absolute atomic E-state index is 4.70. The third-order valence-corrected chi connectivity index (χ3v) is 7.83. The van der Waals surface area contributed by atoms with Gasteiger partial charge in [-0.25, -0.2) is 9.97 Å². The summed E-state index contributed by atoms with van der Waals surface area (Å²) in [6.07, 6.45) is 2.48. The molecule has 2 aromatic heterocycles. The summed E-state index contributed by atoms with van der Waals surface area (Å²) in [4.78, 5) is 18.5. The minimum atomic E-state index is 0.683. The first-order valence-electron chi connectivity index (χ1n) is 13.0. The van der Waals surface area contributed by atoms with Crippen LogP contribution in [0.2, 0.25) is 0 Å². The molecule has 192 valence electrons. The van der Waals surface area contributed by atoms with E-state index in [1.165, 1.54) is 16.7 Å². The maximum Gasteiger partial charge on any atom is 0.189 e. The SMILES string of the molecule is CN1CCN(Cc2ccc(Nc3nc4ncnc(Nc5ccc(Cc6ccccc6)cc5)c4s3)cc2)CC1. The van der Waals surface area contributed by atoms with Crippen molar-refractivity contribution in [2.24, 2.45) is 0 Å². The quantitative estimate of drug-likeness (QED) is 0.263. The lowest BCUT2D eigenvalue weighted by molar-refractivity contribution is 0.148. The van der Waals surface area contributed by atoms with E-state index in [1.54, 1.807) is 17.7 Å². The summed E-state index contributed by atoms with van der Waals surface area (Å²) in [5, 5.41) is 7.69. The van der Waals surface area contributed by atoms with Gasteiger partial charge >= 0.3 is 0 Å². The van der Waals surface area contributed by atoms with Gasteiger partial charge in [0.15, 0.2) is 16.6 Å². The first-order valence-corrected chi connectivity index (χ1v) is 13.8. The predicted molar refractivity (Wildman–Crippen MR) is 157 cm³/mol. The molecule has 1 saturated heterocycles. The lowest BCUT2D eigenvalue weighted by Crippen LogP contribution is -2.43. The average molecular weight is 522 g/mol. The number of likely N-dealkylation sites (N-methyl/N-ethyl adjacent to an activating group) is 1. The second-order valence-electron chi connectivity index (χ2n) is 9.78. The lowest BCUT2D eigenvalue weighted by atomic mass is 10.0. The maximum atomic E-state index is 4.70. The first-order chi connectivity index (χ1) is 18.7. The molecule has 0 unspecified atom stereocenters. The molecule has 1 fully saturated rings. The zero-order chi connectivity index (χ0) is 25.7. The Kier molecular flexibility index (Phi) is 7.26. The summed E-state index contributed by atoms with van der Waals surface area (Å²) < 4.78 is 0.926. The van der Waals surface area contributed by atoms with Gasteiger partial charge in [0.05, 0.1) is 0 Å². The van der Waals surface area contributed by atoms with Crippen LogP contribution < -0.4 is 10.6 Å². The number of hydrogen-bond acceptors (Lipinski definition) is 8. The topological polar surface area (TPSA) is 69.2 Å². The van der Waals surface area contributed by atoms with Crippen LogP contribution in [0.15, 0.2) is 85.2 Å². The second-order valence-corrected chi connectivity index (χ2v) is 10.8. The fourth-order valence-corrected chi connectivity index (χ4v) is 5.54. The molecule has 5 aromatic rings. The highest BCUT2D eigenvalue weighted by Gasteiger charge is 2.14. The third-order valence-electron chi connectivity index (χ3n) is 6.87. The molecule has 0 saturated carbocycles. The smallest absolute Gasteiger partial charge is 0.189 e. The van der Waals surface area contributed by atoms with E-state index < -0.39 is 0 Å². The highest BCUT2D eigenvalue weighted by atomic mass is 32.1. The Labute approximate surface area is 227 Å². The van der Waals surface area contributed by atoms with Crippen LogP contribution in [0.1, 0.15) is 16.7 Å². The molecule has 2 N–H and O–H groups in total. The number of hydrogen-bond donors (Lipinski definition) is 2. The van der Waals surface area contributed by atoms with Gasteiger partial charge in [-0.15, -0.1) is 0 Å². The van der Waals surface area contributed by atoms with Crippen molar-refractivity contribution in [2.45, 2.75) is 13.0 Å². The van der Waals surface area contributed by atoms with Gasteiger partial charge in [-0.3, -0.25) is 4.90 Å². The van der Waals surface area contributed by atoms with Crippen LogP contribution in [0.3, 0.4) is 0 Å². The molecule has 1 aliphatic heterocycles. The molecule has 3 heterocycles. The van der Waals surface area contributed by atoms with Crippen LogP contribution in [-0.2, 0) is 13.0 Å². The van der Waals surface area contributed by atoms with Gasteiger partial charge in [0.2, 0.25) is 0 Å². The molecule has 0 aliphatic carbocycles. The van der Waals surface area contributed by atoms with E-state index in [9.17, 15) is 0 Å². The Hall–Kier alpha value is -3.85. The molecule has 0 atom stereocenters. The second kappa shape index (κ2) is 11.3. The minimum absolute atomic E-state index is 0.683. The zero-order valence-corrected chi connectivity index (χ0v) is 22.3. The van der Waals surface area contributed by atoms with Crippen LogP contribution >= 0.6 is 11.3 Å². The van der Waals surface area contributed by atoms with E-state index in [2.05, 4.69) is 110 Å². The molecule has 1 aliphatic rings. The van der Waals surface area contributed by atoms with Crippen molar-refractivity contribution in [1.29, 1.82) is 0 Å². The summed E-state index contributed by atoms with van der Waals surface area (Å²) in [5.41, 5.74) is 6.59. The number of piperazine rings is 1. The summed E-state index contributed by atoms with van der Waals surface area (Å²) >= 11 is 1.55. The number of fused-ring (bicyclic) bond motifs is 1. The average Bonchev–Trinajstić information content (AvgIpc) is 3.36. The highest BCUT2D eigenvalue weighted by molar-refractivity contribution is 7.22. The van der Waals surface area contributed by atoms with E-state index in [-0.39, 0.29) is 0 Å². The Morgan fingerprint density at radius 1 is 0.737 bits per heavy atom. The van der Waals surface area contributed by atoms with E-state index >= 15 is 0 Å². The van der Waals surface area contributed by atoms with Gasteiger partial charge in [0, 0.05) is 44.1 Å². The Morgan fingerprint density at radius 2 is 1.39 bits per heavy atom. The molecular weight excluding hydrogens is 490 g/mol. The van der Waals surface area contributed by atoms with Crippen molar-refractivity contribution in [3.05, 3.63) is 102 Å². The number of rotatable bonds is 8. The number of nitrogens with zero attached hydrogens (tertiary/aromatic N) is 5. The normalized spacial score (nSPS) is 14.6. The third kappa shape index (κ3) is 5.99. The van der Waals surface area contributed by atoms with Crippen molar-refractivity contribution in [1.82, 2.24) is 24.8 Å². The molecule has 7 nitrogen and oxygen atoms in total. The number of anilines is 4. The number of aromatic nitrogens is 3. The fourth-order valence-electron chi connectivity index (χ4n) is 4.65. The van der Waals surface area contributed by atoms with E-state index in [0.717, 1.165) is 66.2 Å². The van der Waals surface area contributed by atoms with Crippen LogP contribution in [0.25, 0.3) is 10.3 Å². The van der Waals surface area contributed by atoms with E-state index in [4.69, 9.17) is 4.98 Å². The van der Waals surface area contributed by atoms with E-state index in [1.807, 2.05) is 6.07 Å². The van der Waals surface area contributed by atoms with Crippen LogP contribution in [-0.4, -0.2) is 58.0 Å². The largest absolute Gasteiger partial charge is 0.339 e. The van der Waals surface area contributed by atoms with Crippen molar-refractivity contribution in [3.63, 3.8) is 0 Å². The van der Waals surface area contributed by atoms with Gasteiger partial charge < -0.3 is 15.5 Å². The summed E-state index contributed by atoms with van der Waals surface area (Å²) in [7, 11) is 2.19. The van der Waals surface area contributed by atoms with Gasteiger partial charge in [-0.05, 0) is 54.4 Å². The summed E-state index contributed by atoms with van der Waals surface area (Å²) in [5.74, 6) is 0.763. The van der Waals surface area contributed by atoms with Crippen molar-refractivity contribution >= 4 is 44.0 Å². The Balaban J connectivity index is 1.11. The van der Waals surface area contributed by atoms with Crippen LogP contribution in [0.4, 0.5) is 22.3 Å². The monoisotopic (exact) mass is 521 g/mol. The van der Waals surface area contributed by atoms with Crippen molar-refractivity contribution in [2.75, 3.05) is 43.9 Å². The molecule has 0 radical (unpaired) electrons. The molecule has 0 spiro atoms. The van der Waals surface area contributed by atoms with Gasteiger partial charge in [0.1, 0.15) is 11.0 Å². The van der Waals surface area contributed by atoms with Gasteiger partial charge in [-0.2, -0.15) is 4.98 Å². The molecule has 6 rings (SSSR count). The van der Waals surface area contributed by atoms with Crippen molar-refractivity contribution < 1.29 is 0 Å². The lowest BCUT2D eigenvalue weighted by Gasteiger charge is -2.32. The number of nitrogens with one attached hydrogen (secondary N) is 2. The Morgan fingerprint density at radius 3 is 2.13 bits per heavy atom. The number of benzene rings is 3. The molecule has 38 heavy (non-hydrogen) atoms. The van der Waals surface area contributed by atoms with Gasteiger partial charge in [0.25, 0.3) is 0 Å². The minimum Gasteiger partial charge on any atom is -0.339 e. The van der Waals surface area contributed by atoms with Gasteiger partial charge in [-0.1, -0.05) is 65.9 Å². The van der Waals surface area contributed by atoms with Crippen LogP contribution in [0.5, 0.6) is 0 Å². The number of thiazole rings is 1. The molecular formula is C30H31N7S. The predicted octanol–water partition coefficient (Wildman–Crippen LogP) is 5.91. The summed E-state index contributed by atoms with van der Waals surface area (Å²) in [6, 6.07) is 27.6. The molecule has 8 heteroatoms. The molecule has 0 bridgehead atoms. The van der Waals surface area contributed by atoms with E-state index in [0.29, 0.717) is 5.65 Å². The fraction of sp³-hybridized carbons (Fsp3) is 0.233. The highest BCUT2D eigenvalue weighted by Crippen LogP contribution is 2.32. The first kappa shape index (κ1) is 24.5. The molecule has 3 aromatic carbocycles. The standard InChI is InChI=1S/C30H31N7S/c1-36-15-17-37(18-16-36)20-24-9-13-26(14-10-24)34-30-35-29-27(38-30)28(31-21-32-29)33-25-11-7-23(8-12-25)19-22-5-3-2-4-6-22/h2-14,21H,15-20H2,1H3,(H2,31,32,33,34,35). The summed E-state index contributed by atoms with van der Waals surface area (Å²) in [6.45, 7) is 5.51. The zero-order valence-electron chi connectivity index (χ0n) is 21.5. The van der Waals surface area contributed by atoms with Crippen LogP contribution in [0, 0.1) is 0 Å². The molecule has 0 amide bonds.